The Hall–Kier alpha value is -1.65. The first-order chi connectivity index (χ1) is 7.13. The van der Waals surface area contributed by atoms with Gasteiger partial charge in [0.2, 0.25) is 5.71 Å². The van der Waals surface area contributed by atoms with Crippen LogP contribution in [0.25, 0.3) is 0 Å². The molecule has 0 aliphatic heterocycles. The summed E-state index contributed by atoms with van der Waals surface area (Å²) in [6.45, 7) is 0.0862. The van der Waals surface area contributed by atoms with Gasteiger partial charge in [0.1, 0.15) is 6.07 Å². The average molecular weight is 245 g/mol. The molecule has 0 atom stereocenters. The lowest BCUT2D eigenvalue weighted by Crippen LogP contribution is -2.21. The number of thiazole rings is 1. The SMILES string of the molecule is N#CC(=NOCc1cnc(Cl)s1)C(N)=O. The van der Waals surface area contributed by atoms with E-state index in [1.54, 1.807) is 0 Å². The fourth-order valence-corrected chi connectivity index (χ4v) is 1.52. The van der Waals surface area contributed by atoms with Crippen LogP contribution < -0.4 is 5.73 Å². The third-order valence-electron chi connectivity index (χ3n) is 1.23. The number of nitrogens with two attached hydrogens (primary N) is 1. The molecule has 0 aromatic carbocycles. The van der Waals surface area contributed by atoms with Crippen LogP contribution in [0.4, 0.5) is 0 Å². The number of carbonyl (C=O) groups excluding carboxylic acids is 1. The topological polar surface area (TPSA) is 101 Å². The quantitative estimate of drug-likeness (QED) is 0.621. The molecular formula is C7H5ClN4O2S. The number of hydrogen-bond donors (Lipinski definition) is 1. The summed E-state index contributed by atoms with van der Waals surface area (Å²) in [5.74, 6) is -0.931. The molecule has 0 spiro atoms. The van der Waals surface area contributed by atoms with E-state index in [4.69, 9.17) is 27.4 Å². The molecule has 0 saturated heterocycles. The molecule has 6 nitrogen and oxygen atoms in total. The highest BCUT2D eigenvalue weighted by atomic mass is 35.5. The molecule has 8 heteroatoms. The number of rotatable bonds is 4. The van der Waals surface area contributed by atoms with Crippen LogP contribution >= 0.6 is 22.9 Å². The first-order valence-corrected chi connectivity index (χ1v) is 4.83. The molecule has 2 N–H and O–H groups in total. The van der Waals surface area contributed by atoms with Gasteiger partial charge in [-0.1, -0.05) is 16.8 Å². The van der Waals surface area contributed by atoms with Crippen molar-refractivity contribution in [1.82, 2.24) is 4.98 Å². The Balaban J connectivity index is 2.52. The Morgan fingerprint density at radius 1 is 1.87 bits per heavy atom. The normalized spacial score (nSPS) is 10.8. The van der Waals surface area contributed by atoms with Crippen molar-refractivity contribution < 1.29 is 9.63 Å². The molecule has 0 aliphatic carbocycles. The number of nitriles is 1. The summed E-state index contributed by atoms with van der Waals surface area (Å²) in [4.78, 5) is 19.8. The number of halogens is 1. The van der Waals surface area contributed by atoms with Crippen LogP contribution in [0.2, 0.25) is 4.47 Å². The highest BCUT2D eigenvalue weighted by Crippen LogP contribution is 2.18. The lowest BCUT2D eigenvalue weighted by molar-refractivity contribution is -0.112. The number of nitrogens with zero attached hydrogens (tertiary/aromatic N) is 3. The van der Waals surface area contributed by atoms with Crippen LogP contribution in [0, 0.1) is 11.3 Å². The van der Waals surface area contributed by atoms with Crippen molar-refractivity contribution in [1.29, 1.82) is 5.26 Å². The Kier molecular flexibility index (Phi) is 4.03. The Morgan fingerprint density at radius 3 is 3.07 bits per heavy atom. The molecule has 0 saturated carbocycles. The molecule has 0 unspecified atom stereocenters. The van der Waals surface area contributed by atoms with Crippen molar-refractivity contribution in [2.24, 2.45) is 10.9 Å². The highest BCUT2D eigenvalue weighted by Gasteiger charge is 2.06. The van der Waals surface area contributed by atoms with Gasteiger partial charge in [0.05, 0.1) is 4.88 Å². The van der Waals surface area contributed by atoms with E-state index in [9.17, 15) is 4.79 Å². The van der Waals surface area contributed by atoms with Crippen LogP contribution in [0.3, 0.4) is 0 Å². The zero-order chi connectivity index (χ0) is 11.3. The van der Waals surface area contributed by atoms with Crippen molar-refractivity contribution in [3.63, 3.8) is 0 Å². The first kappa shape index (κ1) is 11.4. The second kappa shape index (κ2) is 5.29. The van der Waals surface area contributed by atoms with Gasteiger partial charge in [-0.05, 0) is 0 Å². The van der Waals surface area contributed by atoms with Crippen LogP contribution in [-0.4, -0.2) is 16.6 Å². The number of amides is 1. The van der Waals surface area contributed by atoms with E-state index in [2.05, 4.69) is 10.1 Å². The van der Waals surface area contributed by atoms with Crippen molar-refractivity contribution in [2.45, 2.75) is 6.61 Å². The Morgan fingerprint density at radius 2 is 2.60 bits per heavy atom. The molecule has 1 amide bonds. The van der Waals surface area contributed by atoms with Gasteiger partial charge in [-0.15, -0.1) is 11.3 Å². The van der Waals surface area contributed by atoms with E-state index in [0.29, 0.717) is 4.47 Å². The average Bonchev–Trinajstić information content (AvgIpc) is 2.58. The predicted octanol–water partition coefficient (Wildman–Crippen LogP) is 0.678. The summed E-state index contributed by atoms with van der Waals surface area (Å²) in [6, 6.07) is 1.51. The third kappa shape index (κ3) is 3.53. The predicted molar refractivity (Wildman–Crippen MR) is 54.2 cm³/mol. The fraction of sp³-hybridized carbons (Fsp3) is 0.143. The van der Waals surface area contributed by atoms with Crippen LogP contribution in [-0.2, 0) is 16.2 Å². The second-order valence-electron chi connectivity index (χ2n) is 2.27. The molecule has 0 fully saturated rings. The minimum absolute atomic E-state index is 0.0862. The van der Waals surface area contributed by atoms with Gasteiger partial charge in [-0.25, -0.2) is 4.98 Å². The van der Waals surface area contributed by atoms with E-state index >= 15 is 0 Å². The number of aromatic nitrogens is 1. The first-order valence-electron chi connectivity index (χ1n) is 3.63. The smallest absolute Gasteiger partial charge is 0.281 e. The van der Waals surface area contributed by atoms with Gasteiger partial charge >= 0.3 is 0 Å². The van der Waals surface area contributed by atoms with Gasteiger partial charge in [0.25, 0.3) is 5.91 Å². The number of primary amides is 1. The minimum atomic E-state index is -0.931. The molecule has 15 heavy (non-hydrogen) atoms. The second-order valence-corrected chi connectivity index (χ2v) is 3.97. The summed E-state index contributed by atoms with van der Waals surface area (Å²) in [5, 5.41) is 11.7. The molecule has 0 aliphatic rings. The molecule has 1 aromatic rings. The van der Waals surface area contributed by atoms with Crippen LogP contribution in [0.15, 0.2) is 11.4 Å². The Labute approximate surface area is 93.9 Å². The van der Waals surface area contributed by atoms with E-state index in [1.165, 1.54) is 23.6 Å². The van der Waals surface area contributed by atoms with Crippen molar-refractivity contribution in [3.05, 3.63) is 15.5 Å². The minimum Gasteiger partial charge on any atom is -0.389 e. The van der Waals surface area contributed by atoms with E-state index in [1.807, 2.05) is 0 Å². The van der Waals surface area contributed by atoms with E-state index < -0.39 is 11.6 Å². The molecule has 78 valence electrons. The molecule has 0 radical (unpaired) electrons. The molecule has 1 rings (SSSR count). The maximum absolute atomic E-state index is 10.5. The molecular weight excluding hydrogens is 240 g/mol. The van der Waals surface area contributed by atoms with Gasteiger partial charge < -0.3 is 10.6 Å². The van der Waals surface area contributed by atoms with Crippen LogP contribution in [0.1, 0.15) is 4.88 Å². The summed E-state index contributed by atoms with van der Waals surface area (Å²) < 4.78 is 0.382. The molecule has 1 heterocycles. The van der Waals surface area contributed by atoms with Crippen LogP contribution in [0.5, 0.6) is 0 Å². The Bertz CT molecular complexity index is 436. The fourth-order valence-electron chi connectivity index (χ4n) is 0.631. The van der Waals surface area contributed by atoms with Crippen molar-refractivity contribution in [3.8, 4) is 6.07 Å². The zero-order valence-electron chi connectivity index (χ0n) is 7.31. The number of carbonyl (C=O) groups is 1. The van der Waals surface area contributed by atoms with Gasteiger partial charge in [0, 0.05) is 6.20 Å². The maximum atomic E-state index is 10.5. The summed E-state index contributed by atoms with van der Waals surface area (Å²) >= 11 is 6.79. The zero-order valence-corrected chi connectivity index (χ0v) is 8.88. The van der Waals surface area contributed by atoms with E-state index in [-0.39, 0.29) is 6.61 Å². The summed E-state index contributed by atoms with van der Waals surface area (Å²) in [7, 11) is 0. The van der Waals surface area contributed by atoms with Gasteiger partial charge in [0.15, 0.2) is 11.1 Å². The monoisotopic (exact) mass is 244 g/mol. The summed E-state index contributed by atoms with van der Waals surface area (Å²) in [6.07, 6.45) is 1.51. The third-order valence-corrected chi connectivity index (χ3v) is 2.32. The van der Waals surface area contributed by atoms with E-state index in [0.717, 1.165) is 4.88 Å². The van der Waals surface area contributed by atoms with Gasteiger partial charge in [-0.3, -0.25) is 4.79 Å². The lowest BCUT2D eigenvalue weighted by Gasteiger charge is -1.94. The highest BCUT2D eigenvalue weighted by molar-refractivity contribution is 7.15. The lowest BCUT2D eigenvalue weighted by atomic mass is 10.4. The van der Waals surface area contributed by atoms with Crippen molar-refractivity contribution in [2.75, 3.05) is 0 Å². The summed E-state index contributed by atoms with van der Waals surface area (Å²) in [5.41, 5.74) is 4.35. The van der Waals surface area contributed by atoms with Gasteiger partial charge in [-0.2, -0.15) is 5.26 Å². The molecule has 1 aromatic heterocycles. The maximum Gasteiger partial charge on any atom is 0.281 e. The number of hydrogen-bond acceptors (Lipinski definition) is 6. The molecule has 0 bridgehead atoms. The largest absolute Gasteiger partial charge is 0.389 e. The van der Waals surface area contributed by atoms with Crippen molar-refractivity contribution >= 4 is 34.6 Å². The number of oxime groups is 1. The standard InChI is InChI=1S/C7H5ClN4O2S/c8-7-11-2-4(15-7)3-14-12-5(1-9)6(10)13/h2H,3H2,(H2,10,13).